The van der Waals surface area contributed by atoms with Gasteiger partial charge in [0.2, 0.25) is 3.79 Å². The number of carboxylic acid groups (broad SMARTS) is 1. The summed E-state index contributed by atoms with van der Waals surface area (Å²) in [5.74, 6) is -1.19. The zero-order valence-electron chi connectivity index (χ0n) is 10.6. The SMILES string of the molecule is O=C(N[C@@H](Cc1ccc(O)cc1)C(=O)O)OCC(Cl)(Cl)Cl. The standard InChI is InChI=1S/C12H12Cl3NO5/c13-12(14,15)6-21-11(20)16-9(10(18)19)5-7-1-3-8(17)4-2-7/h1-4,9,17H,5-6H2,(H,16,20)(H,18,19)/t9-/m0/s1. The van der Waals surface area contributed by atoms with Crippen LogP contribution in [0.1, 0.15) is 5.56 Å². The number of ether oxygens (including phenoxy) is 1. The molecule has 0 aromatic heterocycles. The molecule has 1 atom stereocenters. The zero-order chi connectivity index (χ0) is 16.0. The fourth-order valence-corrected chi connectivity index (χ4v) is 1.56. The Kier molecular flexibility index (Phi) is 6.39. The average Bonchev–Trinajstić information content (AvgIpc) is 2.37. The summed E-state index contributed by atoms with van der Waals surface area (Å²) in [5, 5.41) is 20.4. The Labute approximate surface area is 135 Å². The van der Waals surface area contributed by atoms with Gasteiger partial charge in [-0.25, -0.2) is 9.59 Å². The third kappa shape index (κ3) is 7.27. The summed E-state index contributed by atoms with van der Waals surface area (Å²) in [4.78, 5) is 22.5. The molecule has 1 aromatic carbocycles. The van der Waals surface area contributed by atoms with Crippen LogP contribution >= 0.6 is 34.8 Å². The fraction of sp³-hybridized carbons (Fsp3) is 0.333. The van der Waals surface area contributed by atoms with Crippen LogP contribution in [0.4, 0.5) is 4.79 Å². The smallest absolute Gasteiger partial charge is 0.408 e. The van der Waals surface area contributed by atoms with Gasteiger partial charge in [0, 0.05) is 6.42 Å². The van der Waals surface area contributed by atoms with E-state index < -0.39 is 28.5 Å². The highest BCUT2D eigenvalue weighted by Gasteiger charge is 2.25. The Hall–Kier alpha value is -1.37. The van der Waals surface area contributed by atoms with Crippen LogP contribution < -0.4 is 5.32 Å². The van der Waals surface area contributed by atoms with Crippen molar-refractivity contribution >= 4 is 46.9 Å². The third-order valence-corrected chi connectivity index (χ3v) is 2.66. The van der Waals surface area contributed by atoms with E-state index in [1.807, 2.05) is 0 Å². The van der Waals surface area contributed by atoms with Crippen molar-refractivity contribution in [3.8, 4) is 5.75 Å². The Balaban J connectivity index is 2.59. The molecular weight excluding hydrogens is 344 g/mol. The molecule has 0 saturated carbocycles. The van der Waals surface area contributed by atoms with Crippen molar-refractivity contribution in [2.75, 3.05) is 6.61 Å². The Bertz CT molecular complexity index is 501. The number of alkyl halides is 3. The lowest BCUT2D eigenvalue weighted by molar-refractivity contribution is -0.139. The number of hydrogen-bond acceptors (Lipinski definition) is 4. The Morgan fingerprint density at radius 2 is 1.81 bits per heavy atom. The number of rotatable bonds is 5. The Morgan fingerprint density at radius 3 is 2.29 bits per heavy atom. The van der Waals surface area contributed by atoms with Crippen LogP contribution in [-0.4, -0.2) is 38.7 Å². The van der Waals surface area contributed by atoms with Gasteiger partial charge in [-0.15, -0.1) is 0 Å². The van der Waals surface area contributed by atoms with Crippen molar-refractivity contribution in [3.63, 3.8) is 0 Å². The van der Waals surface area contributed by atoms with Gasteiger partial charge in [-0.2, -0.15) is 0 Å². The van der Waals surface area contributed by atoms with Gasteiger partial charge in [0.25, 0.3) is 0 Å². The minimum absolute atomic E-state index is 0.0124. The molecule has 0 saturated heterocycles. The van der Waals surface area contributed by atoms with E-state index in [1.54, 1.807) is 12.1 Å². The molecule has 0 heterocycles. The van der Waals surface area contributed by atoms with E-state index in [-0.39, 0.29) is 12.2 Å². The van der Waals surface area contributed by atoms with E-state index in [4.69, 9.17) is 45.0 Å². The molecule has 0 unspecified atom stereocenters. The number of nitrogens with one attached hydrogen (secondary N) is 1. The normalized spacial score (nSPS) is 12.5. The molecule has 9 heteroatoms. The molecule has 0 bridgehead atoms. The molecule has 3 N–H and O–H groups in total. The van der Waals surface area contributed by atoms with Crippen LogP contribution in [0.3, 0.4) is 0 Å². The number of benzene rings is 1. The van der Waals surface area contributed by atoms with E-state index in [1.165, 1.54) is 12.1 Å². The summed E-state index contributed by atoms with van der Waals surface area (Å²) in [6.45, 7) is -0.505. The first-order valence-corrected chi connectivity index (χ1v) is 6.81. The zero-order valence-corrected chi connectivity index (χ0v) is 12.8. The second kappa shape index (κ2) is 7.59. The number of aromatic hydroxyl groups is 1. The Morgan fingerprint density at radius 1 is 1.24 bits per heavy atom. The second-order valence-electron chi connectivity index (χ2n) is 4.10. The van der Waals surface area contributed by atoms with E-state index in [2.05, 4.69) is 10.1 Å². The van der Waals surface area contributed by atoms with E-state index in [0.29, 0.717) is 5.56 Å². The lowest BCUT2D eigenvalue weighted by Gasteiger charge is -2.16. The number of carbonyl (C=O) groups is 2. The minimum atomic E-state index is -1.77. The van der Waals surface area contributed by atoms with E-state index in [9.17, 15) is 9.59 Å². The topological polar surface area (TPSA) is 95.9 Å². The molecule has 0 aliphatic heterocycles. The number of carboxylic acids is 1. The van der Waals surface area contributed by atoms with Crippen LogP contribution in [-0.2, 0) is 16.0 Å². The number of hydrogen-bond donors (Lipinski definition) is 3. The second-order valence-corrected chi connectivity index (χ2v) is 6.61. The van der Waals surface area contributed by atoms with Crippen molar-refractivity contribution < 1.29 is 24.5 Å². The lowest BCUT2D eigenvalue weighted by atomic mass is 10.1. The van der Waals surface area contributed by atoms with Crippen molar-refractivity contribution in [1.29, 1.82) is 0 Å². The number of halogens is 3. The summed E-state index contributed by atoms with van der Waals surface area (Å²) >= 11 is 16.2. The average molecular weight is 357 g/mol. The van der Waals surface area contributed by atoms with Crippen molar-refractivity contribution in [1.82, 2.24) is 5.32 Å². The predicted octanol–water partition coefficient (Wildman–Crippen LogP) is 2.48. The first-order valence-electron chi connectivity index (χ1n) is 5.68. The highest BCUT2D eigenvalue weighted by Crippen LogP contribution is 2.25. The maximum atomic E-state index is 11.4. The lowest BCUT2D eigenvalue weighted by Crippen LogP contribution is -2.43. The number of phenols is 1. The number of carbonyl (C=O) groups excluding carboxylic acids is 1. The maximum Gasteiger partial charge on any atom is 0.408 e. The van der Waals surface area contributed by atoms with Crippen LogP contribution in [0.15, 0.2) is 24.3 Å². The van der Waals surface area contributed by atoms with Gasteiger partial charge in [-0.3, -0.25) is 0 Å². The number of amides is 1. The molecule has 0 aliphatic carbocycles. The van der Waals surface area contributed by atoms with Gasteiger partial charge >= 0.3 is 12.1 Å². The van der Waals surface area contributed by atoms with Crippen molar-refractivity contribution in [2.24, 2.45) is 0 Å². The van der Waals surface area contributed by atoms with Crippen LogP contribution in [0.2, 0.25) is 0 Å². The fourth-order valence-electron chi connectivity index (χ4n) is 1.40. The summed E-state index contributed by atoms with van der Waals surface area (Å²) in [7, 11) is 0. The molecule has 1 rings (SSSR count). The number of aliphatic carboxylic acids is 1. The molecule has 116 valence electrons. The minimum Gasteiger partial charge on any atom is -0.508 e. The predicted molar refractivity (Wildman–Crippen MR) is 78.0 cm³/mol. The van der Waals surface area contributed by atoms with Gasteiger partial charge in [0.05, 0.1) is 0 Å². The summed E-state index contributed by atoms with van der Waals surface area (Å²) in [6, 6.07) is 4.70. The highest BCUT2D eigenvalue weighted by molar-refractivity contribution is 6.67. The monoisotopic (exact) mass is 355 g/mol. The third-order valence-electron chi connectivity index (χ3n) is 2.33. The molecular formula is C12H12Cl3NO5. The number of phenolic OH excluding ortho intramolecular Hbond substituents is 1. The summed E-state index contributed by atoms with van der Waals surface area (Å²) in [5.41, 5.74) is 0.613. The molecule has 1 amide bonds. The molecule has 0 radical (unpaired) electrons. The quantitative estimate of drug-likeness (QED) is 0.704. The first-order chi connectivity index (χ1) is 9.67. The molecule has 21 heavy (non-hydrogen) atoms. The van der Waals surface area contributed by atoms with Gasteiger partial charge in [-0.05, 0) is 17.7 Å². The van der Waals surface area contributed by atoms with Gasteiger partial charge in [0.15, 0.2) is 0 Å². The van der Waals surface area contributed by atoms with Gasteiger partial charge < -0.3 is 20.3 Å². The van der Waals surface area contributed by atoms with E-state index >= 15 is 0 Å². The number of alkyl carbamates (subject to hydrolysis) is 1. The largest absolute Gasteiger partial charge is 0.508 e. The maximum absolute atomic E-state index is 11.4. The van der Waals surface area contributed by atoms with Crippen molar-refractivity contribution in [2.45, 2.75) is 16.3 Å². The summed E-state index contributed by atoms with van der Waals surface area (Å²) in [6.07, 6.45) is -0.995. The molecule has 6 nitrogen and oxygen atoms in total. The van der Waals surface area contributed by atoms with Crippen LogP contribution in [0.5, 0.6) is 5.75 Å². The van der Waals surface area contributed by atoms with Crippen molar-refractivity contribution in [3.05, 3.63) is 29.8 Å². The first kappa shape index (κ1) is 17.7. The molecule has 0 fully saturated rings. The van der Waals surface area contributed by atoms with Crippen LogP contribution in [0, 0.1) is 0 Å². The molecule has 1 aromatic rings. The van der Waals surface area contributed by atoms with Gasteiger partial charge in [-0.1, -0.05) is 46.9 Å². The van der Waals surface area contributed by atoms with Gasteiger partial charge in [0.1, 0.15) is 18.4 Å². The molecule has 0 spiro atoms. The highest BCUT2D eigenvalue weighted by atomic mass is 35.6. The summed E-state index contributed by atoms with van der Waals surface area (Å²) < 4.78 is 2.82. The molecule has 0 aliphatic rings. The van der Waals surface area contributed by atoms with E-state index in [0.717, 1.165) is 0 Å². The van der Waals surface area contributed by atoms with Crippen LogP contribution in [0.25, 0.3) is 0 Å².